The third-order valence-corrected chi connectivity index (χ3v) is 8.72. The Morgan fingerprint density at radius 1 is 1.02 bits per heavy atom. The third kappa shape index (κ3) is 4.64. The first kappa shape index (κ1) is 27.9. The lowest BCUT2D eigenvalue weighted by Gasteiger charge is -2.29. The standard InChI is InChI=1S/C32H30FN11O2/c1-41-10-5-11-42-18-37-25-8-3-6-21(28(25)42)24-7-4-9-27(40-24)39-19-12-26(32(41)45)43(16-19)29-22-15-38-44(30(22)36-17-35-29)31-23(33)13-20(46-2)14-34-31/h3-4,6-9,13-15,17-19,26H,5,10-12,16H2,1-2H3,(H,39,40)/t19-,26-/m0/s1. The Morgan fingerprint density at radius 3 is 2.78 bits per heavy atom. The van der Waals surface area contributed by atoms with Crippen LogP contribution in [0.15, 0.2) is 67.5 Å². The molecule has 1 saturated heterocycles. The maximum absolute atomic E-state index is 15.0. The van der Waals surface area contributed by atoms with E-state index in [0.717, 1.165) is 28.7 Å². The Balaban J connectivity index is 1.18. The smallest absolute Gasteiger partial charge is 0.245 e. The molecule has 1 fully saturated rings. The Labute approximate surface area is 262 Å². The summed E-state index contributed by atoms with van der Waals surface area (Å²) in [5.74, 6) is 0.911. The maximum atomic E-state index is 15.0. The van der Waals surface area contributed by atoms with E-state index in [-0.39, 0.29) is 17.8 Å². The maximum Gasteiger partial charge on any atom is 0.245 e. The summed E-state index contributed by atoms with van der Waals surface area (Å²) in [5.41, 5.74) is 4.16. The van der Waals surface area contributed by atoms with Crippen molar-refractivity contribution in [2.24, 2.45) is 0 Å². The molecule has 8 rings (SSSR count). The van der Waals surface area contributed by atoms with Crippen molar-refractivity contribution < 1.29 is 13.9 Å². The van der Waals surface area contributed by atoms with Crippen LogP contribution in [-0.2, 0) is 11.3 Å². The van der Waals surface area contributed by atoms with Gasteiger partial charge < -0.3 is 24.4 Å². The Hall–Kier alpha value is -5.66. The first-order valence-electron chi connectivity index (χ1n) is 15.1. The van der Waals surface area contributed by atoms with Crippen LogP contribution >= 0.6 is 0 Å². The minimum absolute atomic E-state index is 0.0147. The second-order valence-electron chi connectivity index (χ2n) is 11.5. The Morgan fingerprint density at radius 2 is 1.91 bits per heavy atom. The van der Waals surface area contributed by atoms with E-state index in [9.17, 15) is 4.79 Å². The highest BCUT2D eigenvalue weighted by atomic mass is 19.1. The molecular formula is C32H30FN11O2. The van der Waals surface area contributed by atoms with Crippen molar-refractivity contribution in [3.8, 4) is 22.8 Å². The fourth-order valence-electron chi connectivity index (χ4n) is 6.53. The first-order valence-corrected chi connectivity index (χ1v) is 15.1. The summed E-state index contributed by atoms with van der Waals surface area (Å²) in [5, 5.41) is 8.58. The van der Waals surface area contributed by atoms with Gasteiger partial charge in [-0.15, -0.1) is 0 Å². The van der Waals surface area contributed by atoms with Crippen molar-refractivity contribution in [2.75, 3.05) is 37.5 Å². The molecule has 4 bridgehead atoms. The second kappa shape index (κ2) is 11.1. The SMILES string of the molecule is COc1cnc(-n2ncc3c(N4C[C@@H]5C[C@H]4C(=O)N(C)CCCn4cnc6cccc(c64)-c4cccc(n4)N5)ncnc32)c(F)c1. The van der Waals surface area contributed by atoms with Crippen LogP contribution in [0.4, 0.5) is 16.0 Å². The van der Waals surface area contributed by atoms with Crippen LogP contribution in [0, 0.1) is 5.82 Å². The van der Waals surface area contributed by atoms with E-state index in [0.29, 0.717) is 54.5 Å². The first-order chi connectivity index (χ1) is 22.5. The molecule has 1 N–H and O–H groups in total. The summed E-state index contributed by atoms with van der Waals surface area (Å²) in [7, 11) is 3.29. The van der Waals surface area contributed by atoms with Gasteiger partial charge in [0.2, 0.25) is 5.91 Å². The average molecular weight is 620 g/mol. The van der Waals surface area contributed by atoms with Crippen molar-refractivity contribution >= 4 is 39.6 Å². The van der Waals surface area contributed by atoms with Crippen LogP contribution in [-0.4, -0.2) is 89.4 Å². The predicted molar refractivity (Wildman–Crippen MR) is 169 cm³/mol. The fourth-order valence-corrected chi connectivity index (χ4v) is 6.53. The van der Waals surface area contributed by atoms with Crippen LogP contribution in [0.1, 0.15) is 12.8 Å². The van der Waals surface area contributed by atoms with Crippen LogP contribution in [0.5, 0.6) is 5.75 Å². The van der Waals surface area contributed by atoms with E-state index in [1.807, 2.05) is 48.6 Å². The number of nitrogens with zero attached hydrogens (tertiary/aromatic N) is 10. The molecule has 2 atom stereocenters. The van der Waals surface area contributed by atoms with E-state index in [2.05, 4.69) is 41.0 Å². The molecule has 1 aromatic carbocycles. The molecule has 2 aliphatic rings. The zero-order valence-electron chi connectivity index (χ0n) is 25.2. The highest BCUT2D eigenvalue weighted by Gasteiger charge is 2.40. The number of nitrogens with one attached hydrogen (secondary N) is 1. The van der Waals surface area contributed by atoms with Gasteiger partial charge in [-0.3, -0.25) is 4.79 Å². The van der Waals surface area contributed by atoms with E-state index < -0.39 is 11.9 Å². The number of hydrogen-bond acceptors (Lipinski definition) is 10. The molecule has 13 nitrogen and oxygen atoms in total. The lowest BCUT2D eigenvalue weighted by atomic mass is 10.1. The van der Waals surface area contributed by atoms with Crippen molar-refractivity contribution in [1.29, 1.82) is 0 Å². The van der Waals surface area contributed by atoms with E-state index >= 15 is 4.39 Å². The van der Waals surface area contributed by atoms with Gasteiger partial charge >= 0.3 is 0 Å². The van der Waals surface area contributed by atoms with Crippen LogP contribution in [0.3, 0.4) is 0 Å². The number of benzene rings is 1. The number of hydrogen-bond donors (Lipinski definition) is 1. The summed E-state index contributed by atoms with van der Waals surface area (Å²) < 4.78 is 23.6. The zero-order chi connectivity index (χ0) is 31.4. The highest BCUT2D eigenvalue weighted by molar-refractivity contribution is 5.93. The van der Waals surface area contributed by atoms with E-state index in [1.54, 1.807) is 11.1 Å². The molecule has 2 aliphatic heterocycles. The largest absolute Gasteiger partial charge is 0.495 e. The number of rotatable bonds is 3. The number of para-hydroxylation sites is 1. The molecule has 5 aromatic heterocycles. The van der Waals surface area contributed by atoms with Crippen LogP contribution in [0.25, 0.3) is 39.1 Å². The number of fused-ring (bicyclic) bond motifs is 6. The number of pyridine rings is 2. The lowest BCUT2D eigenvalue weighted by Crippen LogP contribution is -2.45. The van der Waals surface area contributed by atoms with Crippen molar-refractivity contribution in [3.05, 3.63) is 73.3 Å². The number of amides is 1. The van der Waals surface area contributed by atoms with Gasteiger partial charge in [-0.05, 0) is 31.0 Å². The number of carbonyl (C=O) groups is 1. The summed E-state index contributed by atoms with van der Waals surface area (Å²) in [6.07, 6.45) is 7.54. The summed E-state index contributed by atoms with van der Waals surface area (Å²) >= 11 is 0. The summed E-state index contributed by atoms with van der Waals surface area (Å²) in [6.45, 7) is 1.74. The number of ether oxygens (including phenoxy) is 1. The molecule has 0 spiro atoms. The number of aromatic nitrogens is 8. The summed E-state index contributed by atoms with van der Waals surface area (Å²) in [6, 6.07) is 12.6. The molecule has 232 valence electrons. The molecule has 0 aliphatic carbocycles. The fraction of sp³-hybridized carbons (Fsp3) is 0.281. The van der Waals surface area contributed by atoms with Crippen molar-refractivity contribution in [1.82, 2.24) is 44.2 Å². The van der Waals surface area contributed by atoms with Gasteiger partial charge in [0.15, 0.2) is 17.3 Å². The number of anilines is 2. The molecule has 0 unspecified atom stereocenters. The van der Waals surface area contributed by atoms with Gasteiger partial charge in [0.1, 0.15) is 29.8 Å². The normalized spacial score (nSPS) is 18.5. The quantitative estimate of drug-likeness (QED) is 0.313. The van der Waals surface area contributed by atoms with Gasteiger partial charge in [-0.25, -0.2) is 29.3 Å². The van der Waals surface area contributed by atoms with E-state index in [1.165, 1.54) is 30.4 Å². The molecule has 6 aromatic rings. The van der Waals surface area contributed by atoms with Crippen molar-refractivity contribution in [3.63, 3.8) is 0 Å². The molecular weight excluding hydrogens is 589 g/mol. The molecule has 1 amide bonds. The second-order valence-corrected chi connectivity index (χ2v) is 11.5. The monoisotopic (exact) mass is 619 g/mol. The minimum atomic E-state index is -0.605. The lowest BCUT2D eigenvalue weighted by molar-refractivity contribution is -0.131. The molecule has 14 heteroatoms. The molecule has 0 saturated carbocycles. The molecule has 0 radical (unpaired) electrons. The summed E-state index contributed by atoms with van der Waals surface area (Å²) in [4.78, 5) is 40.7. The molecule has 46 heavy (non-hydrogen) atoms. The number of halogens is 1. The number of aryl methyl sites for hydroxylation is 1. The van der Waals surface area contributed by atoms with Gasteiger partial charge in [0, 0.05) is 44.4 Å². The highest BCUT2D eigenvalue weighted by Crippen LogP contribution is 2.34. The average Bonchev–Trinajstić information content (AvgIpc) is 3.81. The number of likely N-dealkylation sites (N-methyl/N-ethyl adjacent to an activating group) is 1. The molecule has 7 heterocycles. The van der Waals surface area contributed by atoms with Gasteiger partial charge in [0.25, 0.3) is 0 Å². The number of imidazole rings is 1. The van der Waals surface area contributed by atoms with Gasteiger partial charge in [-0.1, -0.05) is 18.2 Å². The minimum Gasteiger partial charge on any atom is -0.495 e. The Kier molecular flexibility index (Phi) is 6.69. The van der Waals surface area contributed by atoms with Gasteiger partial charge in [-0.2, -0.15) is 9.78 Å². The topological polar surface area (TPSA) is 132 Å². The van der Waals surface area contributed by atoms with Crippen LogP contribution in [0.2, 0.25) is 0 Å². The van der Waals surface area contributed by atoms with E-state index in [4.69, 9.17) is 9.72 Å². The third-order valence-electron chi connectivity index (χ3n) is 8.72. The number of methoxy groups -OCH3 is 1. The predicted octanol–water partition coefficient (Wildman–Crippen LogP) is 3.69. The van der Waals surface area contributed by atoms with Gasteiger partial charge in [0.05, 0.1) is 47.9 Å². The zero-order valence-corrected chi connectivity index (χ0v) is 25.2. The number of carbonyl (C=O) groups excluding carboxylic acids is 1. The van der Waals surface area contributed by atoms with Crippen LogP contribution < -0.4 is 15.0 Å². The Bertz CT molecular complexity index is 2110. The van der Waals surface area contributed by atoms with Crippen molar-refractivity contribution in [2.45, 2.75) is 31.5 Å².